The van der Waals surface area contributed by atoms with Gasteiger partial charge in [0.25, 0.3) is 0 Å². The zero-order chi connectivity index (χ0) is 18.0. The second-order valence-electron chi connectivity index (χ2n) is 6.82. The van der Waals surface area contributed by atoms with Crippen LogP contribution in [0.4, 0.5) is 0 Å². The van der Waals surface area contributed by atoms with Gasteiger partial charge in [0.2, 0.25) is 5.91 Å². The van der Waals surface area contributed by atoms with Crippen LogP contribution in [0.2, 0.25) is 0 Å². The van der Waals surface area contributed by atoms with Crippen molar-refractivity contribution in [3.63, 3.8) is 0 Å². The van der Waals surface area contributed by atoms with Crippen molar-refractivity contribution in [2.24, 2.45) is 0 Å². The Labute approximate surface area is 148 Å². The number of aromatic nitrogens is 2. The first kappa shape index (κ1) is 17.9. The van der Waals surface area contributed by atoms with E-state index in [1.54, 1.807) is 4.57 Å². The maximum absolute atomic E-state index is 12.9. The Morgan fingerprint density at radius 2 is 2.04 bits per heavy atom. The van der Waals surface area contributed by atoms with Crippen molar-refractivity contribution in [2.45, 2.75) is 50.9 Å². The summed E-state index contributed by atoms with van der Waals surface area (Å²) in [6, 6.07) is 7.76. The highest BCUT2D eigenvalue weighted by molar-refractivity contribution is 7.89. The Kier molecular flexibility index (Phi) is 5.13. The topological polar surface area (TPSA) is 72.3 Å². The number of fused-ring (bicyclic) bond motifs is 1. The van der Waals surface area contributed by atoms with Gasteiger partial charge in [0.15, 0.2) is 9.84 Å². The van der Waals surface area contributed by atoms with Gasteiger partial charge in [-0.1, -0.05) is 19.1 Å². The molecule has 1 saturated heterocycles. The van der Waals surface area contributed by atoms with Crippen LogP contribution >= 0.6 is 0 Å². The zero-order valence-corrected chi connectivity index (χ0v) is 15.6. The molecule has 1 aliphatic rings. The smallest absolute Gasteiger partial charge is 0.242 e. The first-order valence-electron chi connectivity index (χ1n) is 8.80. The third kappa shape index (κ3) is 4.03. The van der Waals surface area contributed by atoms with E-state index < -0.39 is 9.84 Å². The van der Waals surface area contributed by atoms with E-state index in [1.807, 2.05) is 29.2 Å². The SMILES string of the molecule is CC[C@@H]1CCCCN1C(=O)Cn1c(CS(C)(=O)=O)nc2ccccc21. The molecule has 2 heterocycles. The van der Waals surface area contributed by atoms with E-state index in [-0.39, 0.29) is 24.2 Å². The lowest BCUT2D eigenvalue weighted by Crippen LogP contribution is -2.45. The summed E-state index contributed by atoms with van der Waals surface area (Å²) in [6.07, 6.45) is 5.38. The fourth-order valence-electron chi connectivity index (χ4n) is 3.63. The molecule has 1 aliphatic heterocycles. The molecule has 25 heavy (non-hydrogen) atoms. The van der Waals surface area contributed by atoms with Crippen molar-refractivity contribution < 1.29 is 13.2 Å². The van der Waals surface area contributed by atoms with Crippen LogP contribution in [0.3, 0.4) is 0 Å². The minimum Gasteiger partial charge on any atom is -0.338 e. The first-order valence-corrected chi connectivity index (χ1v) is 10.9. The maximum Gasteiger partial charge on any atom is 0.242 e. The summed E-state index contributed by atoms with van der Waals surface area (Å²) in [7, 11) is -3.23. The van der Waals surface area contributed by atoms with Gasteiger partial charge in [-0.3, -0.25) is 4.79 Å². The number of benzene rings is 1. The normalized spacial score (nSPS) is 18.6. The van der Waals surface area contributed by atoms with Crippen LogP contribution in [-0.4, -0.2) is 47.6 Å². The van der Waals surface area contributed by atoms with Crippen LogP contribution in [0.1, 0.15) is 38.4 Å². The zero-order valence-electron chi connectivity index (χ0n) is 14.8. The molecule has 0 aliphatic carbocycles. The summed E-state index contributed by atoms with van der Waals surface area (Å²) < 4.78 is 25.3. The van der Waals surface area contributed by atoms with Crippen molar-refractivity contribution in [1.82, 2.24) is 14.5 Å². The maximum atomic E-state index is 12.9. The summed E-state index contributed by atoms with van der Waals surface area (Å²) in [5, 5.41) is 0. The summed E-state index contributed by atoms with van der Waals surface area (Å²) in [6.45, 7) is 3.03. The van der Waals surface area contributed by atoms with Gasteiger partial charge in [-0.2, -0.15) is 0 Å². The molecule has 136 valence electrons. The van der Waals surface area contributed by atoms with E-state index in [0.29, 0.717) is 5.82 Å². The Bertz CT molecular complexity index is 873. The Morgan fingerprint density at radius 3 is 2.76 bits per heavy atom. The highest BCUT2D eigenvalue weighted by atomic mass is 32.2. The van der Waals surface area contributed by atoms with Gasteiger partial charge < -0.3 is 9.47 Å². The van der Waals surface area contributed by atoms with E-state index in [2.05, 4.69) is 11.9 Å². The summed E-state index contributed by atoms with van der Waals surface area (Å²) in [5.74, 6) is 0.318. The number of sulfone groups is 1. The molecule has 2 aromatic rings. The number of carbonyl (C=O) groups excluding carboxylic acids is 1. The average Bonchev–Trinajstić information content (AvgIpc) is 2.90. The molecule has 0 radical (unpaired) electrons. The number of hydrogen-bond donors (Lipinski definition) is 0. The molecule has 1 aromatic carbocycles. The van der Waals surface area contributed by atoms with Crippen LogP contribution in [0, 0.1) is 0 Å². The summed E-state index contributed by atoms with van der Waals surface area (Å²) in [4.78, 5) is 19.3. The number of para-hydroxylation sites is 2. The van der Waals surface area contributed by atoms with E-state index in [1.165, 1.54) is 6.26 Å². The monoisotopic (exact) mass is 363 g/mol. The lowest BCUT2D eigenvalue weighted by molar-refractivity contribution is -0.135. The van der Waals surface area contributed by atoms with Crippen molar-refractivity contribution in [1.29, 1.82) is 0 Å². The third-order valence-electron chi connectivity index (χ3n) is 4.84. The molecule has 3 rings (SSSR count). The first-order chi connectivity index (χ1) is 11.9. The fraction of sp³-hybridized carbons (Fsp3) is 0.556. The van der Waals surface area contributed by atoms with Crippen molar-refractivity contribution >= 4 is 26.8 Å². The number of piperidine rings is 1. The molecule has 1 fully saturated rings. The molecular formula is C18H25N3O3S. The fourth-order valence-corrected chi connectivity index (χ4v) is 4.32. The van der Waals surface area contributed by atoms with Gasteiger partial charge in [0.1, 0.15) is 18.1 Å². The van der Waals surface area contributed by atoms with Crippen LogP contribution in [0.5, 0.6) is 0 Å². The molecule has 1 aromatic heterocycles. The molecule has 1 atom stereocenters. The number of carbonyl (C=O) groups is 1. The molecule has 6 nitrogen and oxygen atoms in total. The number of imidazole rings is 1. The Balaban J connectivity index is 1.93. The third-order valence-corrected chi connectivity index (χ3v) is 5.62. The number of hydrogen-bond acceptors (Lipinski definition) is 4. The molecule has 1 amide bonds. The summed E-state index contributed by atoms with van der Waals surface area (Å²) >= 11 is 0. The van der Waals surface area contributed by atoms with Crippen LogP contribution in [-0.2, 0) is 26.9 Å². The van der Waals surface area contributed by atoms with E-state index >= 15 is 0 Å². The van der Waals surface area contributed by atoms with Crippen LogP contribution in [0.15, 0.2) is 24.3 Å². The Morgan fingerprint density at radius 1 is 1.28 bits per heavy atom. The minimum absolute atomic E-state index is 0.0458. The standard InChI is InChI=1S/C18H25N3O3S/c1-3-14-8-6-7-11-20(14)18(22)12-21-16-10-5-4-9-15(16)19-17(21)13-25(2,23)24/h4-5,9-10,14H,3,6-8,11-13H2,1-2H3/t14-/m1/s1. The second-order valence-corrected chi connectivity index (χ2v) is 8.96. The van der Waals surface area contributed by atoms with Gasteiger partial charge in [0, 0.05) is 18.8 Å². The van der Waals surface area contributed by atoms with Gasteiger partial charge in [-0.25, -0.2) is 13.4 Å². The lowest BCUT2D eigenvalue weighted by Gasteiger charge is -2.35. The molecule has 0 saturated carbocycles. The highest BCUT2D eigenvalue weighted by Crippen LogP contribution is 2.22. The second kappa shape index (κ2) is 7.15. The van der Waals surface area contributed by atoms with Crippen LogP contribution < -0.4 is 0 Å². The van der Waals surface area contributed by atoms with Gasteiger partial charge >= 0.3 is 0 Å². The Hall–Kier alpha value is -1.89. The predicted molar refractivity (Wildman–Crippen MR) is 97.9 cm³/mol. The van der Waals surface area contributed by atoms with Gasteiger partial charge in [0.05, 0.1) is 11.0 Å². The van der Waals surface area contributed by atoms with Gasteiger partial charge in [-0.05, 0) is 37.8 Å². The number of rotatable bonds is 5. The van der Waals surface area contributed by atoms with E-state index in [9.17, 15) is 13.2 Å². The quantitative estimate of drug-likeness (QED) is 0.818. The molecule has 0 unspecified atom stereocenters. The number of amides is 1. The van der Waals surface area contributed by atoms with E-state index in [0.717, 1.165) is 43.3 Å². The predicted octanol–water partition coefficient (Wildman–Crippen LogP) is 2.37. The minimum atomic E-state index is -3.23. The van der Waals surface area contributed by atoms with Crippen molar-refractivity contribution in [2.75, 3.05) is 12.8 Å². The molecule has 0 spiro atoms. The van der Waals surface area contributed by atoms with E-state index in [4.69, 9.17) is 0 Å². The average molecular weight is 363 g/mol. The molecule has 7 heteroatoms. The number of likely N-dealkylation sites (tertiary alicyclic amines) is 1. The largest absolute Gasteiger partial charge is 0.338 e. The molecule has 0 N–H and O–H groups in total. The number of nitrogens with zero attached hydrogens (tertiary/aromatic N) is 3. The molecular weight excluding hydrogens is 338 g/mol. The highest BCUT2D eigenvalue weighted by Gasteiger charge is 2.26. The summed E-state index contributed by atoms with van der Waals surface area (Å²) in [5.41, 5.74) is 1.53. The lowest BCUT2D eigenvalue weighted by atomic mass is 10.00. The van der Waals surface area contributed by atoms with Crippen molar-refractivity contribution in [3.8, 4) is 0 Å². The van der Waals surface area contributed by atoms with Gasteiger partial charge in [-0.15, -0.1) is 0 Å². The van der Waals surface area contributed by atoms with Crippen molar-refractivity contribution in [3.05, 3.63) is 30.1 Å². The molecule has 0 bridgehead atoms. The van der Waals surface area contributed by atoms with Crippen LogP contribution in [0.25, 0.3) is 11.0 Å².